The van der Waals surface area contributed by atoms with Crippen LogP contribution < -0.4 is 0 Å². The van der Waals surface area contributed by atoms with E-state index in [1.54, 1.807) is 0 Å². The molecule has 0 fully saturated rings. The van der Waals surface area contributed by atoms with Gasteiger partial charge in [0, 0.05) is 25.7 Å². The standard InChI is InChI=1S/C75H142O17P2/c1-8-9-10-11-12-13-14-15-17-22-25-30-35-44-51-58-74(79)91-70(62-85-72(77)56-49-42-34-29-24-21-19-16-18-20-23-27-32-39-46-53-66(2)3)64-89-93(81,82)87-60-69(76)61-88-94(83,84)90-65-71(63-86-73(78)57-50-43-38-37-41-48-55-68(6)7)92-75(80)59-52-45-36-31-26-28-33-40-47-54-67(4)5/h13-15,17,66-71,76H,8-12,16,18-65H2,1-7H3,(H,81,82)(H,83,84)/b14-13-,17-15-/t69-,70-,71-/m1/s1. The molecule has 0 spiro atoms. The molecule has 94 heavy (non-hydrogen) atoms. The normalized spacial score (nSPS) is 14.3. The summed E-state index contributed by atoms with van der Waals surface area (Å²) in [5, 5.41) is 10.6. The molecule has 0 radical (unpaired) electrons. The number of rotatable bonds is 71. The highest BCUT2D eigenvalue weighted by Gasteiger charge is 2.30. The fraction of sp³-hybridized carbons (Fsp3) is 0.893. The van der Waals surface area contributed by atoms with Crippen LogP contribution in [-0.4, -0.2) is 96.7 Å². The van der Waals surface area contributed by atoms with Gasteiger partial charge in [0.05, 0.1) is 26.4 Å². The van der Waals surface area contributed by atoms with Crippen LogP contribution in [0, 0.1) is 17.8 Å². The Bertz CT molecular complexity index is 1930. The van der Waals surface area contributed by atoms with Crippen LogP contribution in [0.3, 0.4) is 0 Å². The zero-order valence-corrected chi connectivity index (χ0v) is 62.7. The lowest BCUT2D eigenvalue weighted by molar-refractivity contribution is -0.161. The summed E-state index contributed by atoms with van der Waals surface area (Å²) in [4.78, 5) is 72.7. The van der Waals surface area contributed by atoms with Gasteiger partial charge in [0.15, 0.2) is 12.2 Å². The highest BCUT2D eigenvalue weighted by molar-refractivity contribution is 7.47. The number of ether oxygens (including phenoxy) is 4. The van der Waals surface area contributed by atoms with E-state index in [9.17, 15) is 43.2 Å². The summed E-state index contributed by atoms with van der Waals surface area (Å²) in [6, 6.07) is 0. The summed E-state index contributed by atoms with van der Waals surface area (Å²) in [5.74, 6) is 0.0640. The molecule has 3 N–H and O–H groups in total. The molecule has 0 aromatic rings. The largest absolute Gasteiger partial charge is 0.472 e. The number of aliphatic hydroxyl groups excluding tert-OH is 1. The van der Waals surface area contributed by atoms with Crippen LogP contribution in [0.2, 0.25) is 0 Å². The lowest BCUT2D eigenvalue weighted by Crippen LogP contribution is -2.30. The van der Waals surface area contributed by atoms with E-state index in [1.807, 2.05) is 0 Å². The van der Waals surface area contributed by atoms with Crippen molar-refractivity contribution in [3.63, 3.8) is 0 Å². The lowest BCUT2D eigenvalue weighted by atomic mass is 10.0. The minimum absolute atomic E-state index is 0.0848. The van der Waals surface area contributed by atoms with Gasteiger partial charge >= 0.3 is 39.5 Å². The van der Waals surface area contributed by atoms with E-state index >= 15 is 0 Å². The molecule has 0 aliphatic heterocycles. The Morgan fingerprint density at radius 3 is 0.862 bits per heavy atom. The number of hydrogen-bond acceptors (Lipinski definition) is 15. The summed E-state index contributed by atoms with van der Waals surface area (Å²) in [6.45, 7) is 11.7. The highest BCUT2D eigenvalue weighted by atomic mass is 31.2. The Morgan fingerprint density at radius 1 is 0.330 bits per heavy atom. The molecule has 0 amide bonds. The Balaban J connectivity index is 5.26. The van der Waals surface area contributed by atoms with Crippen molar-refractivity contribution < 1.29 is 80.2 Å². The van der Waals surface area contributed by atoms with Crippen LogP contribution in [0.5, 0.6) is 0 Å². The number of allylic oxidation sites excluding steroid dienone is 4. The van der Waals surface area contributed by atoms with Gasteiger partial charge in [-0.05, 0) is 69.1 Å². The predicted molar refractivity (Wildman–Crippen MR) is 381 cm³/mol. The molecule has 0 aromatic carbocycles. The number of carbonyl (C=O) groups excluding carboxylic acids is 4. The number of phosphoric ester groups is 2. The van der Waals surface area contributed by atoms with E-state index in [-0.39, 0.29) is 25.7 Å². The second-order valence-electron chi connectivity index (χ2n) is 27.8. The Morgan fingerprint density at radius 2 is 0.574 bits per heavy atom. The Hall–Kier alpha value is -2.46. The topological polar surface area (TPSA) is 237 Å². The summed E-state index contributed by atoms with van der Waals surface area (Å²) >= 11 is 0. The van der Waals surface area contributed by atoms with Gasteiger partial charge < -0.3 is 33.8 Å². The third-order valence-corrected chi connectivity index (χ3v) is 18.7. The zero-order valence-electron chi connectivity index (χ0n) is 60.9. The zero-order chi connectivity index (χ0) is 69.4. The molecule has 17 nitrogen and oxygen atoms in total. The van der Waals surface area contributed by atoms with Gasteiger partial charge in [0.25, 0.3) is 0 Å². The lowest BCUT2D eigenvalue weighted by Gasteiger charge is -2.21. The maximum atomic E-state index is 13.1. The highest BCUT2D eigenvalue weighted by Crippen LogP contribution is 2.45. The Kier molecular flexibility index (Phi) is 63.5. The van der Waals surface area contributed by atoms with Crippen molar-refractivity contribution in [2.45, 2.75) is 375 Å². The second-order valence-corrected chi connectivity index (χ2v) is 30.7. The van der Waals surface area contributed by atoms with Crippen LogP contribution in [0.4, 0.5) is 0 Å². The van der Waals surface area contributed by atoms with Crippen molar-refractivity contribution >= 4 is 39.5 Å². The molecule has 0 aromatic heterocycles. The van der Waals surface area contributed by atoms with Crippen molar-refractivity contribution in [3.05, 3.63) is 24.3 Å². The molecule has 5 atom stereocenters. The van der Waals surface area contributed by atoms with Crippen molar-refractivity contribution in [2.75, 3.05) is 39.6 Å². The fourth-order valence-corrected chi connectivity index (χ4v) is 12.5. The molecule has 0 rings (SSSR count). The van der Waals surface area contributed by atoms with Crippen LogP contribution in [0.1, 0.15) is 357 Å². The summed E-state index contributed by atoms with van der Waals surface area (Å²) in [6.07, 6.45) is 53.7. The first-order chi connectivity index (χ1) is 45.2. The minimum atomic E-state index is -4.97. The van der Waals surface area contributed by atoms with Crippen molar-refractivity contribution in [1.29, 1.82) is 0 Å². The van der Waals surface area contributed by atoms with Gasteiger partial charge in [-0.3, -0.25) is 37.3 Å². The van der Waals surface area contributed by atoms with Gasteiger partial charge in [-0.2, -0.15) is 0 Å². The number of esters is 4. The molecule has 0 saturated heterocycles. The predicted octanol–water partition coefficient (Wildman–Crippen LogP) is 21.3. The molecule has 2 unspecified atom stereocenters. The summed E-state index contributed by atoms with van der Waals surface area (Å²) in [7, 11) is -9.92. The third kappa shape index (κ3) is 68.1. The molecule has 554 valence electrons. The average molecular weight is 1380 g/mol. The molecule has 0 bridgehead atoms. The quantitative estimate of drug-likeness (QED) is 0.0169. The monoisotopic (exact) mass is 1380 g/mol. The number of phosphoric acid groups is 2. The molecule has 0 aliphatic rings. The molecule has 19 heteroatoms. The van der Waals surface area contributed by atoms with Gasteiger partial charge in [-0.15, -0.1) is 0 Å². The second kappa shape index (κ2) is 65.2. The number of hydrogen-bond donors (Lipinski definition) is 3. The first-order valence-corrected chi connectivity index (χ1v) is 41.2. The molecule has 0 aliphatic carbocycles. The van der Waals surface area contributed by atoms with E-state index in [0.717, 1.165) is 121 Å². The van der Waals surface area contributed by atoms with Crippen LogP contribution in [0.15, 0.2) is 24.3 Å². The van der Waals surface area contributed by atoms with Crippen LogP contribution in [-0.2, 0) is 65.4 Å². The third-order valence-electron chi connectivity index (χ3n) is 16.8. The van der Waals surface area contributed by atoms with Gasteiger partial charge in [0.1, 0.15) is 19.3 Å². The van der Waals surface area contributed by atoms with E-state index < -0.39 is 97.5 Å². The van der Waals surface area contributed by atoms with E-state index in [0.29, 0.717) is 31.6 Å². The van der Waals surface area contributed by atoms with Crippen molar-refractivity contribution in [2.24, 2.45) is 17.8 Å². The van der Waals surface area contributed by atoms with Gasteiger partial charge in [0.2, 0.25) is 0 Å². The number of aliphatic hydroxyl groups is 1. The van der Waals surface area contributed by atoms with Crippen LogP contribution >= 0.6 is 15.6 Å². The molecular formula is C75H142O17P2. The molecule has 0 heterocycles. The van der Waals surface area contributed by atoms with Gasteiger partial charge in [-0.1, -0.05) is 304 Å². The number of unbranched alkanes of at least 4 members (excludes halogenated alkanes) is 36. The first-order valence-electron chi connectivity index (χ1n) is 38.2. The summed E-state index contributed by atoms with van der Waals surface area (Å²) < 4.78 is 68.4. The number of carbonyl (C=O) groups is 4. The summed E-state index contributed by atoms with van der Waals surface area (Å²) in [5.41, 5.74) is 0. The SMILES string of the molecule is CCCCCC/C=C\C=C/CCCCCCCC(=O)O[C@H](COC(=O)CCCCCCCCCCCCCCCCCC(C)C)COP(=O)(O)OC[C@@H](O)COP(=O)(O)OC[C@@H](COC(=O)CCCCCCCCC(C)C)OC(=O)CCCCCCCCCCCC(C)C. The van der Waals surface area contributed by atoms with Crippen molar-refractivity contribution in [3.8, 4) is 0 Å². The minimum Gasteiger partial charge on any atom is -0.462 e. The fourth-order valence-electron chi connectivity index (χ4n) is 10.9. The van der Waals surface area contributed by atoms with E-state index in [2.05, 4.69) is 72.8 Å². The average Bonchev–Trinajstić information content (AvgIpc) is 1.28. The van der Waals surface area contributed by atoms with E-state index in [1.165, 1.54) is 148 Å². The maximum absolute atomic E-state index is 13.1. The van der Waals surface area contributed by atoms with E-state index in [4.69, 9.17) is 37.0 Å². The van der Waals surface area contributed by atoms with Crippen LogP contribution in [0.25, 0.3) is 0 Å². The Labute approximate surface area is 573 Å². The smallest absolute Gasteiger partial charge is 0.462 e. The first kappa shape index (κ1) is 91.5. The maximum Gasteiger partial charge on any atom is 0.472 e. The molecule has 0 saturated carbocycles. The molecular weight excluding hydrogens is 1230 g/mol. The van der Waals surface area contributed by atoms with Crippen molar-refractivity contribution in [1.82, 2.24) is 0 Å². The van der Waals surface area contributed by atoms with Gasteiger partial charge in [-0.25, -0.2) is 9.13 Å².